The van der Waals surface area contributed by atoms with Gasteiger partial charge in [-0.25, -0.2) is 0 Å². The van der Waals surface area contributed by atoms with E-state index in [4.69, 9.17) is 10.5 Å². The minimum atomic E-state index is -0.402. The van der Waals surface area contributed by atoms with Gasteiger partial charge in [-0.2, -0.15) is 0 Å². The second-order valence-corrected chi connectivity index (χ2v) is 5.62. The van der Waals surface area contributed by atoms with Crippen molar-refractivity contribution in [3.63, 3.8) is 0 Å². The molecule has 1 aliphatic heterocycles. The maximum atomic E-state index is 12.5. The Morgan fingerprint density at radius 1 is 1.44 bits per heavy atom. The number of rotatable bonds is 4. The van der Waals surface area contributed by atoms with Gasteiger partial charge in [0.15, 0.2) is 0 Å². The number of nitrogens with zero attached hydrogens (tertiary/aromatic N) is 1. The number of hydrogen-bond acceptors (Lipinski definition) is 4. The van der Waals surface area contributed by atoms with Crippen molar-refractivity contribution in [2.75, 3.05) is 19.8 Å². The van der Waals surface area contributed by atoms with Gasteiger partial charge in [-0.3, -0.25) is 9.78 Å². The first-order valence-electron chi connectivity index (χ1n) is 6.07. The summed E-state index contributed by atoms with van der Waals surface area (Å²) < 4.78 is 6.21. The predicted octanol–water partition coefficient (Wildman–Crippen LogP) is 1.71. The van der Waals surface area contributed by atoms with Gasteiger partial charge >= 0.3 is 0 Å². The first-order chi connectivity index (χ1) is 8.66. The van der Waals surface area contributed by atoms with E-state index in [0.717, 1.165) is 22.9 Å². The smallest absolute Gasteiger partial charge is 0.144 e. The monoisotopic (exact) mass is 312 g/mol. The van der Waals surface area contributed by atoms with Gasteiger partial charge in [-0.05, 0) is 40.4 Å². The molecule has 0 spiro atoms. The first-order valence-corrected chi connectivity index (χ1v) is 6.86. The van der Waals surface area contributed by atoms with Crippen LogP contribution in [0.15, 0.2) is 22.9 Å². The normalized spacial score (nSPS) is 18.6. The highest BCUT2D eigenvalue weighted by Crippen LogP contribution is 2.31. The van der Waals surface area contributed by atoms with Gasteiger partial charge in [-0.1, -0.05) is 0 Å². The number of carbonyl (C=O) groups excluding carboxylic acids is 1. The van der Waals surface area contributed by atoms with E-state index in [2.05, 4.69) is 20.9 Å². The average molecular weight is 313 g/mol. The Balaban J connectivity index is 2.10. The molecular weight excluding hydrogens is 296 g/mol. The van der Waals surface area contributed by atoms with Gasteiger partial charge in [0.1, 0.15) is 5.78 Å². The fourth-order valence-electron chi connectivity index (χ4n) is 2.28. The van der Waals surface area contributed by atoms with Crippen LogP contribution in [-0.4, -0.2) is 30.5 Å². The number of Topliss-reactive ketones (excluding diaryl/α,β-unsaturated/α-hetero) is 1. The zero-order valence-corrected chi connectivity index (χ0v) is 11.8. The van der Waals surface area contributed by atoms with Crippen LogP contribution in [0.25, 0.3) is 0 Å². The molecule has 0 amide bonds. The molecule has 1 fully saturated rings. The van der Waals surface area contributed by atoms with E-state index in [1.54, 1.807) is 12.4 Å². The van der Waals surface area contributed by atoms with E-state index in [0.29, 0.717) is 26.2 Å². The molecule has 2 N–H and O–H groups in total. The highest BCUT2D eigenvalue weighted by Gasteiger charge is 2.38. The number of pyridine rings is 1. The minimum absolute atomic E-state index is 0.202. The molecule has 1 aromatic heterocycles. The Morgan fingerprint density at radius 3 is 2.78 bits per heavy atom. The zero-order chi connectivity index (χ0) is 13.0. The van der Waals surface area contributed by atoms with Crippen LogP contribution in [0.4, 0.5) is 0 Å². The van der Waals surface area contributed by atoms with Crippen molar-refractivity contribution < 1.29 is 9.53 Å². The molecule has 1 saturated heterocycles. The molecule has 0 bridgehead atoms. The third-order valence-corrected chi connectivity index (χ3v) is 3.99. The average Bonchev–Trinajstić information content (AvgIpc) is 2.39. The van der Waals surface area contributed by atoms with Gasteiger partial charge in [0, 0.05) is 48.5 Å². The van der Waals surface area contributed by atoms with Crippen LogP contribution in [0.2, 0.25) is 0 Å². The number of hydrogen-bond donors (Lipinski definition) is 1. The summed E-state index contributed by atoms with van der Waals surface area (Å²) in [7, 11) is 0. The Kier molecular flexibility index (Phi) is 4.48. The number of carbonyl (C=O) groups is 1. The van der Waals surface area contributed by atoms with E-state index in [1.807, 2.05) is 6.07 Å². The quantitative estimate of drug-likeness (QED) is 0.919. The van der Waals surface area contributed by atoms with Crippen LogP contribution in [-0.2, 0) is 16.0 Å². The van der Waals surface area contributed by atoms with Crippen LogP contribution < -0.4 is 5.73 Å². The van der Waals surface area contributed by atoms with Crippen molar-refractivity contribution in [2.24, 2.45) is 11.1 Å². The molecule has 0 aromatic carbocycles. The largest absolute Gasteiger partial charge is 0.381 e. The van der Waals surface area contributed by atoms with Crippen molar-refractivity contribution in [3.05, 3.63) is 28.5 Å². The molecule has 1 aliphatic rings. The van der Waals surface area contributed by atoms with Crippen LogP contribution in [0.5, 0.6) is 0 Å². The van der Waals surface area contributed by atoms with Crippen molar-refractivity contribution >= 4 is 21.7 Å². The first kappa shape index (κ1) is 13.6. The number of ether oxygens (including phenoxy) is 1. The summed E-state index contributed by atoms with van der Waals surface area (Å²) in [5.41, 5.74) is 6.34. The zero-order valence-electron chi connectivity index (χ0n) is 10.2. The van der Waals surface area contributed by atoms with Crippen molar-refractivity contribution in [1.82, 2.24) is 4.98 Å². The summed E-state index contributed by atoms with van der Waals surface area (Å²) in [6, 6.07) is 1.93. The molecule has 5 heteroatoms. The topological polar surface area (TPSA) is 65.2 Å². The summed E-state index contributed by atoms with van der Waals surface area (Å²) in [6.07, 6.45) is 5.28. The fourth-order valence-corrected chi connectivity index (χ4v) is 2.70. The number of ketones is 1. The lowest BCUT2D eigenvalue weighted by Crippen LogP contribution is -2.44. The van der Waals surface area contributed by atoms with Gasteiger partial charge in [-0.15, -0.1) is 0 Å². The Morgan fingerprint density at radius 2 is 2.17 bits per heavy atom. The highest BCUT2D eigenvalue weighted by molar-refractivity contribution is 9.10. The van der Waals surface area contributed by atoms with Crippen molar-refractivity contribution in [1.29, 1.82) is 0 Å². The molecule has 0 unspecified atom stereocenters. The third-order valence-electron chi connectivity index (χ3n) is 3.56. The van der Waals surface area contributed by atoms with Gasteiger partial charge in [0.05, 0.1) is 0 Å². The van der Waals surface area contributed by atoms with Gasteiger partial charge in [0.2, 0.25) is 0 Å². The highest BCUT2D eigenvalue weighted by atomic mass is 79.9. The molecule has 0 atom stereocenters. The Labute approximate surface area is 115 Å². The van der Waals surface area contributed by atoms with E-state index >= 15 is 0 Å². The standard InChI is InChI=1S/C13H17BrN2O2/c14-11-5-10(7-16-8-11)6-12(17)13(9-15)1-3-18-4-2-13/h5,7-8H,1-4,6,9,15H2. The van der Waals surface area contributed by atoms with Crippen molar-refractivity contribution in [2.45, 2.75) is 19.3 Å². The Bertz CT molecular complexity index is 431. The number of halogens is 1. The molecule has 0 saturated carbocycles. The lowest BCUT2D eigenvalue weighted by Gasteiger charge is -2.34. The molecule has 2 rings (SSSR count). The van der Waals surface area contributed by atoms with Gasteiger partial charge < -0.3 is 10.5 Å². The van der Waals surface area contributed by atoms with E-state index < -0.39 is 5.41 Å². The van der Waals surface area contributed by atoms with Crippen LogP contribution in [0.1, 0.15) is 18.4 Å². The molecule has 2 heterocycles. The maximum absolute atomic E-state index is 12.5. The van der Waals surface area contributed by atoms with Gasteiger partial charge in [0.25, 0.3) is 0 Å². The van der Waals surface area contributed by atoms with Crippen LogP contribution in [0.3, 0.4) is 0 Å². The summed E-state index contributed by atoms with van der Waals surface area (Å²) in [6.45, 7) is 1.65. The molecule has 0 aliphatic carbocycles. The van der Waals surface area contributed by atoms with E-state index in [1.165, 1.54) is 0 Å². The molecule has 4 nitrogen and oxygen atoms in total. The number of aromatic nitrogens is 1. The summed E-state index contributed by atoms with van der Waals surface area (Å²) in [5, 5.41) is 0. The molecule has 1 aromatic rings. The second kappa shape index (κ2) is 5.91. The maximum Gasteiger partial charge on any atom is 0.144 e. The van der Waals surface area contributed by atoms with E-state index in [-0.39, 0.29) is 5.78 Å². The molecular formula is C13H17BrN2O2. The summed E-state index contributed by atoms with van der Waals surface area (Å²) in [5.74, 6) is 0.202. The SMILES string of the molecule is NCC1(C(=O)Cc2cncc(Br)c2)CCOCC1. The second-order valence-electron chi connectivity index (χ2n) is 4.71. The lowest BCUT2D eigenvalue weighted by atomic mass is 9.75. The fraction of sp³-hybridized carbons (Fsp3) is 0.538. The summed E-state index contributed by atoms with van der Waals surface area (Å²) >= 11 is 3.36. The summed E-state index contributed by atoms with van der Waals surface area (Å²) in [4.78, 5) is 16.5. The molecule has 98 valence electrons. The van der Waals surface area contributed by atoms with Crippen molar-refractivity contribution in [3.8, 4) is 0 Å². The molecule has 0 radical (unpaired) electrons. The van der Waals surface area contributed by atoms with E-state index in [9.17, 15) is 4.79 Å². The molecule has 18 heavy (non-hydrogen) atoms. The lowest BCUT2D eigenvalue weighted by molar-refractivity contribution is -0.132. The third kappa shape index (κ3) is 2.96. The van der Waals surface area contributed by atoms with Crippen LogP contribution in [0, 0.1) is 5.41 Å². The predicted molar refractivity (Wildman–Crippen MR) is 72.2 cm³/mol. The Hall–Kier alpha value is -0.780. The minimum Gasteiger partial charge on any atom is -0.381 e. The van der Waals surface area contributed by atoms with Crippen LogP contribution >= 0.6 is 15.9 Å². The number of nitrogens with two attached hydrogens (primary N) is 1.